The minimum Gasteiger partial charge on any atom is -0.473 e. The van der Waals surface area contributed by atoms with Crippen molar-refractivity contribution in [2.75, 3.05) is 5.73 Å². The maximum Gasteiger partial charge on any atom is 0.237 e. The molecule has 1 saturated carbocycles. The molecule has 0 aliphatic heterocycles. The van der Waals surface area contributed by atoms with Gasteiger partial charge in [-0.05, 0) is 44.2 Å². The zero-order valence-corrected chi connectivity index (χ0v) is 9.20. The predicted molar refractivity (Wildman–Crippen MR) is 60.9 cm³/mol. The summed E-state index contributed by atoms with van der Waals surface area (Å²) in [6.07, 6.45) is 8.19. The molecule has 1 aromatic heterocycles. The van der Waals surface area contributed by atoms with Gasteiger partial charge < -0.3 is 10.5 Å². The summed E-state index contributed by atoms with van der Waals surface area (Å²) in [5.41, 5.74) is 7.63. The van der Waals surface area contributed by atoms with Crippen LogP contribution in [0.1, 0.15) is 37.7 Å². The zero-order chi connectivity index (χ0) is 10.7. The van der Waals surface area contributed by atoms with Gasteiger partial charge in [-0.3, -0.25) is 0 Å². The van der Waals surface area contributed by atoms with E-state index >= 15 is 0 Å². The standard InChI is InChI=1S/C12H18N2O/c1-9-7-8-14-12(11(9)13)15-10-5-3-2-4-6-10/h7-8,10H,2-6,13H2,1H3. The maximum atomic E-state index is 5.91. The van der Waals surface area contributed by atoms with Crippen molar-refractivity contribution in [1.82, 2.24) is 4.98 Å². The normalized spacial score (nSPS) is 17.7. The largest absolute Gasteiger partial charge is 0.473 e. The number of hydrogen-bond acceptors (Lipinski definition) is 3. The van der Waals surface area contributed by atoms with E-state index in [1.807, 2.05) is 13.0 Å². The van der Waals surface area contributed by atoms with Crippen molar-refractivity contribution in [2.24, 2.45) is 0 Å². The molecule has 15 heavy (non-hydrogen) atoms. The Morgan fingerprint density at radius 3 is 2.80 bits per heavy atom. The first-order valence-electron chi connectivity index (χ1n) is 5.65. The molecule has 0 unspecified atom stereocenters. The van der Waals surface area contributed by atoms with Crippen molar-refractivity contribution in [1.29, 1.82) is 0 Å². The number of nitrogens with zero attached hydrogens (tertiary/aromatic N) is 1. The van der Waals surface area contributed by atoms with Crippen LogP contribution in [-0.2, 0) is 0 Å². The second-order valence-corrected chi connectivity index (χ2v) is 4.22. The molecule has 1 aliphatic rings. The molecule has 0 saturated heterocycles. The van der Waals surface area contributed by atoms with Gasteiger partial charge in [0.1, 0.15) is 6.10 Å². The maximum absolute atomic E-state index is 5.91. The van der Waals surface area contributed by atoms with E-state index in [9.17, 15) is 0 Å². The molecule has 0 aromatic carbocycles. The van der Waals surface area contributed by atoms with Crippen molar-refractivity contribution in [3.63, 3.8) is 0 Å². The molecule has 2 rings (SSSR count). The lowest BCUT2D eigenvalue weighted by atomic mass is 9.98. The molecule has 3 heteroatoms. The average molecular weight is 206 g/mol. The van der Waals surface area contributed by atoms with Crippen molar-refractivity contribution >= 4 is 5.69 Å². The Bertz CT molecular complexity index is 332. The first-order valence-corrected chi connectivity index (χ1v) is 5.65. The third-order valence-electron chi connectivity index (χ3n) is 3.00. The average Bonchev–Trinajstić information content (AvgIpc) is 2.26. The fourth-order valence-electron chi connectivity index (χ4n) is 1.98. The van der Waals surface area contributed by atoms with E-state index in [0.29, 0.717) is 17.7 Å². The molecule has 1 fully saturated rings. The molecule has 1 heterocycles. The molecule has 82 valence electrons. The lowest BCUT2D eigenvalue weighted by molar-refractivity contribution is 0.149. The van der Waals surface area contributed by atoms with Crippen LogP contribution in [0, 0.1) is 6.92 Å². The van der Waals surface area contributed by atoms with Crippen LogP contribution in [0.15, 0.2) is 12.3 Å². The van der Waals surface area contributed by atoms with Gasteiger partial charge in [-0.1, -0.05) is 6.42 Å². The van der Waals surface area contributed by atoms with E-state index < -0.39 is 0 Å². The summed E-state index contributed by atoms with van der Waals surface area (Å²) in [4.78, 5) is 4.19. The third kappa shape index (κ3) is 2.41. The van der Waals surface area contributed by atoms with E-state index in [2.05, 4.69) is 4.98 Å². The molecule has 0 bridgehead atoms. The Morgan fingerprint density at radius 1 is 1.33 bits per heavy atom. The van der Waals surface area contributed by atoms with Crippen LogP contribution >= 0.6 is 0 Å². The molecular formula is C12H18N2O. The highest BCUT2D eigenvalue weighted by Gasteiger charge is 2.16. The minimum absolute atomic E-state index is 0.315. The Balaban J connectivity index is 2.06. The fraction of sp³-hybridized carbons (Fsp3) is 0.583. The highest BCUT2D eigenvalue weighted by molar-refractivity contribution is 5.53. The van der Waals surface area contributed by atoms with Crippen molar-refractivity contribution in [2.45, 2.75) is 45.1 Å². The van der Waals surface area contributed by atoms with Crippen molar-refractivity contribution in [3.8, 4) is 5.88 Å². The summed E-state index contributed by atoms with van der Waals surface area (Å²) in [5.74, 6) is 0.613. The summed E-state index contributed by atoms with van der Waals surface area (Å²) in [6.45, 7) is 1.98. The number of hydrogen-bond donors (Lipinski definition) is 1. The minimum atomic E-state index is 0.315. The molecule has 1 aliphatic carbocycles. The van der Waals surface area contributed by atoms with Crippen LogP contribution in [0.2, 0.25) is 0 Å². The second kappa shape index (κ2) is 4.51. The summed E-state index contributed by atoms with van der Waals surface area (Å²) in [7, 11) is 0. The SMILES string of the molecule is Cc1ccnc(OC2CCCCC2)c1N. The van der Waals surface area contributed by atoms with Gasteiger partial charge in [-0.25, -0.2) is 4.98 Å². The Kier molecular flexibility index (Phi) is 3.09. The number of nitrogen functional groups attached to an aromatic ring is 1. The van der Waals surface area contributed by atoms with Gasteiger partial charge in [-0.15, -0.1) is 0 Å². The summed E-state index contributed by atoms with van der Waals surface area (Å²) < 4.78 is 5.83. The molecule has 0 spiro atoms. The number of aryl methyl sites for hydroxylation is 1. The molecule has 3 nitrogen and oxygen atoms in total. The number of pyridine rings is 1. The lowest BCUT2D eigenvalue weighted by Gasteiger charge is -2.23. The quantitative estimate of drug-likeness (QED) is 0.809. The summed E-state index contributed by atoms with van der Waals surface area (Å²) in [5, 5.41) is 0. The summed E-state index contributed by atoms with van der Waals surface area (Å²) in [6, 6.07) is 1.91. The van der Waals surface area contributed by atoms with Crippen LogP contribution in [0.25, 0.3) is 0 Å². The van der Waals surface area contributed by atoms with Gasteiger partial charge in [0.15, 0.2) is 0 Å². The van der Waals surface area contributed by atoms with Crippen LogP contribution in [0.3, 0.4) is 0 Å². The van der Waals surface area contributed by atoms with Gasteiger partial charge in [0.2, 0.25) is 5.88 Å². The summed E-state index contributed by atoms with van der Waals surface area (Å²) >= 11 is 0. The molecule has 1 aromatic rings. The fourth-order valence-corrected chi connectivity index (χ4v) is 1.98. The van der Waals surface area contributed by atoms with E-state index in [0.717, 1.165) is 18.4 Å². The highest BCUT2D eigenvalue weighted by Crippen LogP contribution is 2.27. The van der Waals surface area contributed by atoms with Gasteiger partial charge in [0, 0.05) is 6.20 Å². The van der Waals surface area contributed by atoms with Crippen molar-refractivity contribution in [3.05, 3.63) is 17.8 Å². The number of ether oxygens (including phenoxy) is 1. The molecular weight excluding hydrogens is 188 g/mol. The Morgan fingerprint density at radius 2 is 2.07 bits per heavy atom. The Labute approximate surface area is 90.7 Å². The monoisotopic (exact) mass is 206 g/mol. The molecule has 2 N–H and O–H groups in total. The van der Waals surface area contributed by atoms with Gasteiger partial charge in [0.25, 0.3) is 0 Å². The molecule has 0 amide bonds. The highest BCUT2D eigenvalue weighted by atomic mass is 16.5. The molecule has 0 radical (unpaired) electrons. The van der Waals surface area contributed by atoms with Crippen molar-refractivity contribution < 1.29 is 4.74 Å². The number of anilines is 1. The second-order valence-electron chi connectivity index (χ2n) is 4.22. The topological polar surface area (TPSA) is 48.1 Å². The van der Waals surface area contributed by atoms with Crippen LogP contribution in [0.4, 0.5) is 5.69 Å². The molecule has 0 atom stereocenters. The van der Waals surface area contributed by atoms with E-state index in [1.54, 1.807) is 6.20 Å². The Hall–Kier alpha value is -1.25. The first kappa shape index (κ1) is 10.3. The lowest BCUT2D eigenvalue weighted by Crippen LogP contribution is -2.20. The predicted octanol–water partition coefficient (Wildman–Crippen LogP) is 2.68. The van der Waals surface area contributed by atoms with Gasteiger partial charge >= 0.3 is 0 Å². The van der Waals surface area contributed by atoms with Crippen LogP contribution < -0.4 is 10.5 Å². The first-order chi connectivity index (χ1) is 7.27. The van der Waals surface area contributed by atoms with E-state index in [-0.39, 0.29) is 0 Å². The third-order valence-corrected chi connectivity index (χ3v) is 3.00. The van der Waals surface area contributed by atoms with E-state index in [4.69, 9.17) is 10.5 Å². The number of rotatable bonds is 2. The number of nitrogens with two attached hydrogens (primary N) is 1. The smallest absolute Gasteiger partial charge is 0.237 e. The van der Waals surface area contributed by atoms with Crippen LogP contribution in [-0.4, -0.2) is 11.1 Å². The van der Waals surface area contributed by atoms with Crippen LogP contribution in [0.5, 0.6) is 5.88 Å². The van der Waals surface area contributed by atoms with Gasteiger partial charge in [0.05, 0.1) is 5.69 Å². The van der Waals surface area contributed by atoms with E-state index in [1.165, 1.54) is 19.3 Å². The zero-order valence-electron chi connectivity index (χ0n) is 9.20. The van der Waals surface area contributed by atoms with Gasteiger partial charge in [-0.2, -0.15) is 0 Å². The number of aromatic nitrogens is 1.